The first-order chi connectivity index (χ1) is 6.80. The third-order valence-electron chi connectivity index (χ3n) is 1.84. The van der Waals surface area contributed by atoms with E-state index in [2.05, 4.69) is 5.10 Å². The number of amides is 1. The van der Waals surface area contributed by atoms with Crippen molar-refractivity contribution < 1.29 is 13.2 Å². The van der Waals surface area contributed by atoms with Crippen molar-refractivity contribution >= 4 is 25.6 Å². The number of carbonyl (C=O) groups excluding carboxylic acids is 1. The first-order valence-corrected chi connectivity index (χ1v) is 6.38. The fourth-order valence-corrected chi connectivity index (χ4v) is 1.60. The first-order valence-electron chi connectivity index (χ1n) is 4.07. The van der Waals surface area contributed by atoms with Crippen LogP contribution in [0.25, 0.3) is 0 Å². The molecular formula is C7H10ClN3O3S. The highest BCUT2D eigenvalue weighted by atomic mass is 35.7. The fraction of sp³-hybridized carbons (Fsp3) is 0.429. The van der Waals surface area contributed by atoms with Crippen molar-refractivity contribution in [2.45, 2.75) is 18.4 Å². The van der Waals surface area contributed by atoms with E-state index in [9.17, 15) is 13.2 Å². The Bertz CT molecular complexity index is 468. The smallest absolute Gasteiger partial charge is 0.264 e. The lowest BCUT2D eigenvalue weighted by atomic mass is 10.2. The third-order valence-corrected chi connectivity index (χ3v) is 3.15. The molecule has 1 amide bonds. The number of rotatable bonds is 4. The van der Waals surface area contributed by atoms with Crippen LogP contribution in [0, 0.1) is 5.92 Å². The number of carbonyl (C=O) groups is 1. The van der Waals surface area contributed by atoms with Crippen LogP contribution in [0.1, 0.15) is 6.92 Å². The molecule has 2 N–H and O–H groups in total. The molecule has 84 valence electrons. The second-order valence-electron chi connectivity index (χ2n) is 3.14. The monoisotopic (exact) mass is 251 g/mol. The van der Waals surface area contributed by atoms with E-state index in [1.165, 1.54) is 10.9 Å². The number of hydrogen-bond donors (Lipinski definition) is 1. The van der Waals surface area contributed by atoms with Crippen LogP contribution in [0.15, 0.2) is 17.3 Å². The summed E-state index contributed by atoms with van der Waals surface area (Å²) < 4.78 is 23.1. The predicted octanol–water partition coefficient (Wildman–Crippen LogP) is -0.0680. The van der Waals surface area contributed by atoms with Crippen LogP contribution in [0.5, 0.6) is 0 Å². The molecule has 6 nitrogen and oxygen atoms in total. The average molecular weight is 252 g/mol. The Morgan fingerprint density at radius 2 is 2.33 bits per heavy atom. The summed E-state index contributed by atoms with van der Waals surface area (Å²) in [6.07, 6.45) is 2.37. The molecule has 0 aliphatic carbocycles. The van der Waals surface area contributed by atoms with Gasteiger partial charge in [-0.2, -0.15) is 5.10 Å². The topological polar surface area (TPSA) is 95.1 Å². The van der Waals surface area contributed by atoms with Crippen LogP contribution in [-0.2, 0) is 20.4 Å². The predicted molar refractivity (Wildman–Crippen MR) is 53.6 cm³/mol. The molecule has 0 radical (unpaired) electrons. The van der Waals surface area contributed by atoms with Gasteiger partial charge in [0.05, 0.1) is 18.7 Å². The van der Waals surface area contributed by atoms with Gasteiger partial charge in [0.2, 0.25) is 5.91 Å². The molecule has 15 heavy (non-hydrogen) atoms. The van der Waals surface area contributed by atoms with E-state index < -0.39 is 20.9 Å². The Hall–Kier alpha value is -1.08. The van der Waals surface area contributed by atoms with Gasteiger partial charge in [-0.05, 0) is 0 Å². The van der Waals surface area contributed by atoms with Crippen molar-refractivity contribution in [3.8, 4) is 0 Å². The van der Waals surface area contributed by atoms with Gasteiger partial charge in [0, 0.05) is 16.9 Å². The highest BCUT2D eigenvalue weighted by Gasteiger charge is 2.15. The third kappa shape index (κ3) is 3.21. The largest absolute Gasteiger partial charge is 0.369 e. The van der Waals surface area contributed by atoms with Gasteiger partial charge in [0.1, 0.15) is 4.90 Å². The number of nitrogens with zero attached hydrogens (tertiary/aromatic N) is 2. The Labute approximate surface area is 91.4 Å². The van der Waals surface area contributed by atoms with Crippen molar-refractivity contribution in [3.63, 3.8) is 0 Å². The van der Waals surface area contributed by atoms with E-state index in [1.54, 1.807) is 6.92 Å². The maximum absolute atomic E-state index is 10.9. The summed E-state index contributed by atoms with van der Waals surface area (Å²) in [4.78, 5) is 10.6. The fourth-order valence-electron chi connectivity index (χ4n) is 0.941. The van der Waals surface area contributed by atoms with E-state index >= 15 is 0 Å². The lowest BCUT2D eigenvalue weighted by Crippen LogP contribution is -2.24. The Morgan fingerprint density at radius 3 is 2.73 bits per heavy atom. The summed E-state index contributed by atoms with van der Waals surface area (Å²) in [5.41, 5.74) is 5.05. The van der Waals surface area contributed by atoms with Crippen LogP contribution in [0.3, 0.4) is 0 Å². The number of hydrogen-bond acceptors (Lipinski definition) is 4. The Morgan fingerprint density at radius 1 is 1.73 bits per heavy atom. The first kappa shape index (κ1) is 12.0. The number of aromatic nitrogens is 2. The maximum Gasteiger partial charge on any atom is 0.264 e. The molecule has 1 atom stereocenters. The summed E-state index contributed by atoms with van der Waals surface area (Å²) in [5.74, 6) is -0.892. The summed E-state index contributed by atoms with van der Waals surface area (Å²) in [6.45, 7) is 1.85. The average Bonchev–Trinajstić information content (AvgIpc) is 2.51. The second kappa shape index (κ2) is 4.19. The quantitative estimate of drug-likeness (QED) is 0.758. The minimum absolute atomic E-state index is 0.0964. The second-order valence-corrected chi connectivity index (χ2v) is 5.71. The SMILES string of the molecule is CC(Cn1cc(S(=O)(=O)Cl)cn1)C(N)=O. The molecule has 0 aliphatic rings. The molecule has 8 heteroatoms. The van der Waals surface area contributed by atoms with E-state index in [4.69, 9.17) is 16.4 Å². The van der Waals surface area contributed by atoms with Crippen LogP contribution in [0.2, 0.25) is 0 Å². The van der Waals surface area contributed by atoms with Gasteiger partial charge in [0.25, 0.3) is 9.05 Å². The Kier molecular flexibility index (Phi) is 3.35. The molecule has 0 spiro atoms. The van der Waals surface area contributed by atoms with Crippen molar-refractivity contribution in [2.24, 2.45) is 11.7 Å². The van der Waals surface area contributed by atoms with Crippen molar-refractivity contribution in [1.29, 1.82) is 0 Å². The van der Waals surface area contributed by atoms with E-state index in [0.717, 1.165) is 6.20 Å². The van der Waals surface area contributed by atoms with E-state index in [1.807, 2.05) is 0 Å². The van der Waals surface area contributed by atoms with Gasteiger partial charge in [-0.3, -0.25) is 9.48 Å². The summed E-state index contributed by atoms with van der Waals surface area (Å²) in [5, 5.41) is 3.75. The lowest BCUT2D eigenvalue weighted by Gasteiger charge is -2.05. The number of nitrogens with two attached hydrogens (primary N) is 1. The molecular weight excluding hydrogens is 242 g/mol. The molecule has 1 unspecified atom stereocenters. The Balaban J connectivity index is 2.82. The molecule has 1 rings (SSSR count). The molecule has 1 heterocycles. The van der Waals surface area contributed by atoms with Crippen molar-refractivity contribution in [1.82, 2.24) is 9.78 Å². The molecule has 0 bridgehead atoms. The van der Waals surface area contributed by atoms with Crippen molar-refractivity contribution in [3.05, 3.63) is 12.4 Å². The van der Waals surface area contributed by atoms with E-state index in [-0.39, 0.29) is 11.4 Å². The van der Waals surface area contributed by atoms with Crippen molar-refractivity contribution in [2.75, 3.05) is 0 Å². The van der Waals surface area contributed by atoms with Gasteiger partial charge in [-0.1, -0.05) is 6.92 Å². The van der Waals surface area contributed by atoms with Crippen LogP contribution in [-0.4, -0.2) is 24.1 Å². The van der Waals surface area contributed by atoms with Gasteiger partial charge in [-0.15, -0.1) is 0 Å². The zero-order valence-electron chi connectivity index (χ0n) is 7.92. The molecule has 0 aliphatic heterocycles. The minimum Gasteiger partial charge on any atom is -0.369 e. The van der Waals surface area contributed by atoms with Gasteiger partial charge in [0.15, 0.2) is 0 Å². The zero-order chi connectivity index (χ0) is 11.6. The number of primary amides is 1. The molecule has 0 aromatic carbocycles. The van der Waals surface area contributed by atoms with Crippen LogP contribution >= 0.6 is 10.7 Å². The van der Waals surface area contributed by atoms with Crippen LogP contribution < -0.4 is 5.73 Å². The van der Waals surface area contributed by atoms with Gasteiger partial charge < -0.3 is 5.73 Å². The van der Waals surface area contributed by atoms with Gasteiger partial charge >= 0.3 is 0 Å². The maximum atomic E-state index is 10.9. The zero-order valence-corrected chi connectivity index (χ0v) is 9.49. The lowest BCUT2D eigenvalue weighted by molar-refractivity contribution is -0.121. The summed E-state index contributed by atoms with van der Waals surface area (Å²) in [7, 11) is 1.33. The highest BCUT2D eigenvalue weighted by molar-refractivity contribution is 8.13. The van der Waals surface area contributed by atoms with Gasteiger partial charge in [-0.25, -0.2) is 8.42 Å². The molecule has 1 aromatic heterocycles. The molecule has 0 saturated heterocycles. The molecule has 0 saturated carbocycles. The number of halogens is 1. The molecule has 1 aromatic rings. The normalized spacial score (nSPS) is 13.7. The summed E-state index contributed by atoms with van der Waals surface area (Å²) in [6, 6.07) is 0. The minimum atomic E-state index is -3.77. The van der Waals surface area contributed by atoms with Crippen LogP contribution in [0.4, 0.5) is 0 Å². The van der Waals surface area contributed by atoms with E-state index in [0.29, 0.717) is 0 Å². The highest BCUT2D eigenvalue weighted by Crippen LogP contribution is 2.13. The standard InChI is InChI=1S/C7H10ClN3O3S/c1-5(7(9)12)3-11-4-6(2-10-11)15(8,13)14/h2,4-5H,3H2,1H3,(H2,9,12). The summed E-state index contributed by atoms with van der Waals surface area (Å²) >= 11 is 0. The molecule has 0 fully saturated rings.